The van der Waals surface area contributed by atoms with E-state index in [0.29, 0.717) is 5.69 Å². The van der Waals surface area contributed by atoms with E-state index in [1.165, 1.54) is 41.3 Å². The second kappa shape index (κ2) is 7.00. The fourth-order valence-corrected chi connectivity index (χ4v) is 2.38. The lowest BCUT2D eigenvalue weighted by Gasteiger charge is -2.23. The third-order valence-electron chi connectivity index (χ3n) is 3.50. The predicted molar refractivity (Wildman–Crippen MR) is 87.6 cm³/mol. The molecule has 0 saturated carbocycles. The Labute approximate surface area is 138 Å². The Kier molecular flexibility index (Phi) is 4.61. The third-order valence-corrected chi connectivity index (χ3v) is 3.50. The molecule has 2 aromatic carbocycles. The van der Waals surface area contributed by atoms with Crippen LogP contribution >= 0.6 is 0 Å². The number of anilines is 1. The number of amides is 1. The predicted octanol–water partition coefficient (Wildman–Crippen LogP) is 4.21. The number of carbonyl (C=O) groups excluding carboxylic acids is 1. The highest BCUT2D eigenvalue weighted by atomic mass is 19.1. The van der Waals surface area contributed by atoms with Gasteiger partial charge in [0, 0.05) is 23.6 Å². The molecule has 1 aromatic heterocycles. The van der Waals surface area contributed by atoms with Crippen LogP contribution in [0.5, 0.6) is 0 Å². The van der Waals surface area contributed by atoms with Gasteiger partial charge in [-0.25, -0.2) is 8.78 Å². The maximum Gasteiger partial charge on any atom is 0.258 e. The first-order chi connectivity index (χ1) is 11.6. The molecule has 3 nitrogen and oxygen atoms in total. The van der Waals surface area contributed by atoms with Crippen LogP contribution in [0.1, 0.15) is 15.9 Å². The van der Waals surface area contributed by atoms with E-state index in [1.807, 2.05) is 6.07 Å². The Hall–Kier alpha value is -3.08. The topological polar surface area (TPSA) is 33.2 Å². The van der Waals surface area contributed by atoms with Gasteiger partial charge < -0.3 is 4.90 Å². The quantitative estimate of drug-likeness (QED) is 0.720. The lowest BCUT2D eigenvalue weighted by Crippen LogP contribution is -2.30. The molecular weight excluding hydrogens is 310 g/mol. The van der Waals surface area contributed by atoms with Crippen LogP contribution in [0.25, 0.3) is 0 Å². The number of benzene rings is 2. The summed E-state index contributed by atoms with van der Waals surface area (Å²) < 4.78 is 27.0. The molecule has 0 aliphatic carbocycles. The fraction of sp³-hybridized carbons (Fsp3) is 0.0526. The van der Waals surface area contributed by atoms with Crippen molar-refractivity contribution in [3.05, 3.63) is 95.8 Å². The number of rotatable bonds is 4. The lowest BCUT2D eigenvalue weighted by molar-refractivity contribution is 0.0984. The molecule has 0 atom stereocenters. The van der Waals surface area contributed by atoms with Crippen LogP contribution in [0.2, 0.25) is 0 Å². The molecule has 0 aliphatic rings. The zero-order valence-corrected chi connectivity index (χ0v) is 12.7. The van der Waals surface area contributed by atoms with Crippen molar-refractivity contribution >= 4 is 11.6 Å². The first kappa shape index (κ1) is 15.8. The molecule has 1 amide bonds. The molecule has 120 valence electrons. The Morgan fingerprint density at radius 2 is 1.71 bits per heavy atom. The number of hydrogen-bond acceptors (Lipinski definition) is 2. The standard InChI is InChI=1S/C19H14F2N2O/c20-16-6-1-5-15(10-16)19(24)23(13-14-4-3-9-22-12-14)18-8-2-7-17(21)11-18/h1-12H,13H2. The van der Waals surface area contributed by atoms with E-state index in [1.54, 1.807) is 24.5 Å². The summed E-state index contributed by atoms with van der Waals surface area (Å²) in [5.74, 6) is -1.36. The monoisotopic (exact) mass is 324 g/mol. The number of halogens is 2. The van der Waals surface area contributed by atoms with E-state index in [2.05, 4.69) is 4.98 Å². The average Bonchev–Trinajstić information content (AvgIpc) is 2.60. The zero-order valence-electron chi connectivity index (χ0n) is 12.7. The number of nitrogens with zero attached hydrogens (tertiary/aromatic N) is 2. The van der Waals surface area contributed by atoms with Gasteiger partial charge in [0.2, 0.25) is 0 Å². The van der Waals surface area contributed by atoms with Crippen LogP contribution in [-0.4, -0.2) is 10.9 Å². The second-order valence-corrected chi connectivity index (χ2v) is 5.24. The summed E-state index contributed by atoms with van der Waals surface area (Å²) in [4.78, 5) is 18.3. The van der Waals surface area contributed by atoms with Gasteiger partial charge in [0.05, 0.1) is 6.54 Å². The van der Waals surface area contributed by atoms with E-state index in [0.717, 1.165) is 11.6 Å². The molecule has 3 aromatic rings. The van der Waals surface area contributed by atoms with E-state index in [-0.39, 0.29) is 12.1 Å². The van der Waals surface area contributed by atoms with Crippen molar-refractivity contribution in [1.29, 1.82) is 0 Å². The fourth-order valence-electron chi connectivity index (χ4n) is 2.38. The van der Waals surface area contributed by atoms with Crippen molar-refractivity contribution in [2.45, 2.75) is 6.54 Å². The molecule has 0 unspecified atom stereocenters. The van der Waals surface area contributed by atoms with Gasteiger partial charge in [-0.1, -0.05) is 18.2 Å². The van der Waals surface area contributed by atoms with Crippen molar-refractivity contribution in [3.8, 4) is 0 Å². The van der Waals surface area contributed by atoms with Gasteiger partial charge in [0.25, 0.3) is 5.91 Å². The lowest BCUT2D eigenvalue weighted by atomic mass is 10.1. The maximum atomic E-state index is 13.6. The summed E-state index contributed by atoms with van der Waals surface area (Å²) >= 11 is 0. The third kappa shape index (κ3) is 3.63. The molecule has 0 fully saturated rings. The highest BCUT2D eigenvalue weighted by Crippen LogP contribution is 2.21. The number of aromatic nitrogens is 1. The minimum absolute atomic E-state index is 0.197. The van der Waals surface area contributed by atoms with E-state index in [4.69, 9.17) is 0 Å². The molecule has 0 saturated heterocycles. The van der Waals surface area contributed by atoms with Gasteiger partial charge in [-0.05, 0) is 48.0 Å². The molecule has 1 heterocycles. The zero-order chi connectivity index (χ0) is 16.9. The van der Waals surface area contributed by atoms with Crippen LogP contribution in [0.4, 0.5) is 14.5 Å². The summed E-state index contributed by atoms with van der Waals surface area (Å²) in [5, 5.41) is 0. The van der Waals surface area contributed by atoms with Gasteiger partial charge >= 0.3 is 0 Å². The van der Waals surface area contributed by atoms with E-state index in [9.17, 15) is 13.6 Å². The van der Waals surface area contributed by atoms with Crippen LogP contribution < -0.4 is 4.90 Å². The Morgan fingerprint density at radius 1 is 0.958 bits per heavy atom. The SMILES string of the molecule is O=C(c1cccc(F)c1)N(Cc1cccnc1)c1cccc(F)c1. The number of pyridine rings is 1. The first-order valence-electron chi connectivity index (χ1n) is 7.35. The van der Waals surface area contributed by atoms with E-state index < -0.39 is 17.5 Å². The molecule has 0 aliphatic heterocycles. The maximum absolute atomic E-state index is 13.6. The van der Waals surface area contributed by atoms with Crippen LogP contribution in [0.3, 0.4) is 0 Å². The van der Waals surface area contributed by atoms with Crippen molar-refractivity contribution in [1.82, 2.24) is 4.98 Å². The van der Waals surface area contributed by atoms with E-state index >= 15 is 0 Å². The van der Waals surface area contributed by atoms with Crippen molar-refractivity contribution in [2.24, 2.45) is 0 Å². The minimum atomic E-state index is -0.499. The largest absolute Gasteiger partial charge is 0.304 e. The molecule has 5 heteroatoms. The van der Waals surface area contributed by atoms with Crippen LogP contribution in [0, 0.1) is 11.6 Å². The molecule has 24 heavy (non-hydrogen) atoms. The molecular formula is C19H14F2N2O. The number of carbonyl (C=O) groups is 1. The molecule has 3 rings (SSSR count). The minimum Gasteiger partial charge on any atom is -0.304 e. The summed E-state index contributed by atoms with van der Waals surface area (Å²) in [6.07, 6.45) is 3.26. The van der Waals surface area contributed by atoms with Gasteiger partial charge in [-0.15, -0.1) is 0 Å². The number of hydrogen-bond donors (Lipinski definition) is 0. The molecule has 0 N–H and O–H groups in total. The smallest absolute Gasteiger partial charge is 0.258 e. The van der Waals surface area contributed by atoms with Crippen molar-refractivity contribution in [2.75, 3.05) is 4.90 Å². The Bertz CT molecular complexity index is 853. The molecule has 0 radical (unpaired) electrons. The van der Waals surface area contributed by atoms with Gasteiger partial charge in [0.1, 0.15) is 11.6 Å². The normalized spacial score (nSPS) is 10.4. The van der Waals surface area contributed by atoms with Crippen molar-refractivity contribution < 1.29 is 13.6 Å². The van der Waals surface area contributed by atoms with Gasteiger partial charge in [0.15, 0.2) is 0 Å². The Balaban J connectivity index is 1.99. The average molecular weight is 324 g/mol. The summed E-state index contributed by atoms with van der Waals surface area (Å²) in [6, 6.07) is 14.7. The van der Waals surface area contributed by atoms with Gasteiger partial charge in [-0.3, -0.25) is 9.78 Å². The van der Waals surface area contributed by atoms with Crippen LogP contribution in [-0.2, 0) is 6.54 Å². The summed E-state index contributed by atoms with van der Waals surface area (Å²) in [6.45, 7) is 0.201. The second-order valence-electron chi connectivity index (χ2n) is 5.24. The highest BCUT2D eigenvalue weighted by Gasteiger charge is 2.19. The van der Waals surface area contributed by atoms with Gasteiger partial charge in [-0.2, -0.15) is 0 Å². The molecule has 0 bridgehead atoms. The van der Waals surface area contributed by atoms with Crippen molar-refractivity contribution in [3.63, 3.8) is 0 Å². The van der Waals surface area contributed by atoms with Crippen LogP contribution in [0.15, 0.2) is 73.1 Å². The molecule has 0 spiro atoms. The Morgan fingerprint density at radius 3 is 2.38 bits per heavy atom. The highest BCUT2D eigenvalue weighted by molar-refractivity contribution is 6.06. The first-order valence-corrected chi connectivity index (χ1v) is 7.35. The summed E-state index contributed by atoms with van der Waals surface area (Å²) in [5.41, 5.74) is 1.38. The summed E-state index contributed by atoms with van der Waals surface area (Å²) in [7, 11) is 0.